The summed E-state index contributed by atoms with van der Waals surface area (Å²) in [7, 11) is 1.65. The predicted octanol–water partition coefficient (Wildman–Crippen LogP) is 1.84. The van der Waals surface area contributed by atoms with Crippen LogP contribution in [0.3, 0.4) is 0 Å². The largest absolute Gasteiger partial charge is 0 e. The fraction of sp³-hybridized carbons (Fsp3) is 0.200. The Morgan fingerprint density at radius 1 is 1.12 bits per heavy atom. The third-order valence-electron chi connectivity index (χ3n) is 1.16. The number of rotatable bonds is 1. The van der Waals surface area contributed by atoms with E-state index in [0.29, 0.717) is 0 Å². The van der Waals surface area contributed by atoms with Crippen molar-refractivity contribution in [2.24, 2.45) is 0 Å². The number of ether oxygens (including phenoxy) is 1. The fourth-order valence-corrected chi connectivity index (χ4v) is 0.798. The van der Waals surface area contributed by atoms with Gasteiger partial charge in [-0.1, -0.05) is 0 Å². The van der Waals surface area contributed by atoms with E-state index in [0.717, 1.165) is 17.9 Å². The Morgan fingerprint density at radius 2 is 1.56 bits per heavy atom. The molecule has 16 heavy (non-hydrogen) atoms. The van der Waals surface area contributed by atoms with Crippen LogP contribution in [0.15, 0.2) is 0 Å². The van der Waals surface area contributed by atoms with Gasteiger partial charge in [0.1, 0.15) is 6.10 Å². The Labute approximate surface area is 112 Å². The molecule has 0 unspecified atom stereocenters. The van der Waals surface area contributed by atoms with Crippen LogP contribution in [0.1, 0.15) is 6.42 Å². The number of hydrogen-bond donors (Lipinski definition) is 0. The monoisotopic (exact) mass is 282 g/mol. The van der Waals surface area contributed by atoms with Crippen LogP contribution in [-0.2, 0) is 35.8 Å². The molecule has 4 nitrogen and oxygen atoms in total. The first-order chi connectivity index (χ1) is 7.33. The van der Waals surface area contributed by atoms with E-state index in [1.165, 1.54) is 0 Å². The van der Waals surface area contributed by atoms with Crippen LogP contribution in [-0.4, -0.2) is 7.11 Å². The molecule has 0 amide bonds. The molecule has 0 heterocycles. The minimum absolute atomic E-state index is 0. The van der Waals surface area contributed by atoms with Gasteiger partial charge in [-0.25, -0.2) is 0 Å². The van der Waals surface area contributed by atoms with Crippen molar-refractivity contribution in [3.63, 3.8) is 0 Å². The maximum atomic E-state index is 7.50. The van der Waals surface area contributed by atoms with Crippen LogP contribution < -0.4 is 0 Å². The van der Waals surface area contributed by atoms with Gasteiger partial charge in [0.15, 0.2) is 0 Å². The average Bonchev–Trinajstić information content (AvgIpc) is 2.38. The third-order valence-corrected chi connectivity index (χ3v) is 1.44. The van der Waals surface area contributed by atoms with Crippen molar-refractivity contribution >= 4 is 11.6 Å². The minimum Gasteiger partial charge on any atom is 0 e. The van der Waals surface area contributed by atoms with E-state index < -0.39 is 0 Å². The van der Waals surface area contributed by atoms with Crippen molar-refractivity contribution in [3.8, 4) is 0 Å². The van der Waals surface area contributed by atoms with Crippen molar-refractivity contribution < 1.29 is 35.8 Å². The van der Waals surface area contributed by atoms with Crippen LogP contribution in [0, 0.1) is 50.7 Å². The van der Waals surface area contributed by atoms with Crippen molar-refractivity contribution in [3.05, 3.63) is 50.7 Å². The van der Waals surface area contributed by atoms with Gasteiger partial charge in [0.2, 0.25) is 0 Å². The maximum Gasteiger partial charge on any atom is 0 e. The van der Waals surface area contributed by atoms with E-state index in [4.69, 9.17) is 30.3 Å². The van der Waals surface area contributed by atoms with Gasteiger partial charge < -0.3 is 4.74 Å². The zero-order valence-electron chi connectivity index (χ0n) is 8.33. The van der Waals surface area contributed by atoms with Crippen molar-refractivity contribution in [2.75, 3.05) is 7.11 Å². The molecule has 1 aliphatic rings. The van der Waals surface area contributed by atoms with E-state index in [2.05, 4.69) is 20.0 Å². The Kier molecular flexibility index (Phi) is 37.9. The molecular weight excluding hydrogens is 274 g/mol. The first-order valence-corrected chi connectivity index (χ1v) is 3.75. The molecule has 0 bridgehead atoms. The van der Waals surface area contributed by atoms with Crippen molar-refractivity contribution in [2.45, 2.75) is 6.42 Å². The van der Waals surface area contributed by atoms with Crippen LogP contribution >= 0.6 is 11.6 Å². The van der Waals surface area contributed by atoms with Crippen LogP contribution in [0.5, 0.6) is 0 Å². The molecule has 0 atom stereocenters. The minimum atomic E-state index is 0. The zero-order chi connectivity index (χ0) is 12.7. The van der Waals surface area contributed by atoms with Crippen LogP contribution in [0.2, 0.25) is 0 Å². The Hall–Kier alpha value is -0.0105. The van der Waals surface area contributed by atoms with Gasteiger partial charge in [0, 0.05) is 30.6 Å². The van der Waals surface area contributed by atoms with Gasteiger partial charge >= 0.3 is 33.9 Å². The van der Waals surface area contributed by atoms with E-state index in [-0.39, 0.29) is 17.1 Å². The predicted molar refractivity (Wildman–Crippen MR) is 48.7 cm³/mol. The number of hydrogen-bond acceptors (Lipinski definition) is 1. The Balaban J connectivity index is -0.0000000900. The molecule has 0 spiro atoms. The third kappa shape index (κ3) is 16.4. The average molecular weight is 283 g/mol. The van der Waals surface area contributed by atoms with Gasteiger partial charge in [0.25, 0.3) is 0 Å². The smallest absolute Gasteiger partial charge is 0 e. The van der Waals surface area contributed by atoms with Gasteiger partial charge in [-0.3, -0.25) is 0 Å². The van der Waals surface area contributed by atoms with Gasteiger partial charge in [-0.15, -0.1) is 11.6 Å². The summed E-state index contributed by atoms with van der Waals surface area (Å²) >= 11 is 5.67. The molecule has 6 heteroatoms. The molecule has 0 saturated heterocycles. The first kappa shape index (κ1) is 25.0. The normalized spacial score (nSPS) is 14.2. The maximum absolute atomic E-state index is 7.50. The Morgan fingerprint density at radius 3 is 1.81 bits per heavy atom. The summed E-state index contributed by atoms with van der Waals surface area (Å²) in [6, 6.07) is 0. The molecule has 1 rings (SSSR count). The van der Waals surface area contributed by atoms with Crippen LogP contribution in [0.4, 0.5) is 0 Å². The first-order valence-electron chi connectivity index (χ1n) is 3.37. The molecule has 0 aromatic heterocycles. The molecule has 1 aliphatic carbocycles. The van der Waals surface area contributed by atoms with Gasteiger partial charge in [-0.05, 0) is 19.3 Å². The molecule has 0 aromatic rings. The fourth-order valence-electron chi connectivity index (χ4n) is 0.658. The number of halogens is 1. The van der Waals surface area contributed by atoms with Crippen molar-refractivity contribution in [1.82, 2.24) is 0 Å². The van der Waals surface area contributed by atoms with E-state index in [9.17, 15) is 0 Å². The SMILES string of the molecule is CO[C]1[CH][CH][C](Cl)C[CH]1.[C-]#[O+].[C-]#[O+].[C-]#[O+].[Mn]. The summed E-state index contributed by atoms with van der Waals surface area (Å²) in [5, 5.41) is 0.857. The summed E-state index contributed by atoms with van der Waals surface area (Å²) in [5.41, 5.74) is 0. The second kappa shape index (κ2) is 24.3. The van der Waals surface area contributed by atoms with E-state index in [1.54, 1.807) is 7.11 Å². The molecule has 1 saturated carbocycles. The summed E-state index contributed by atoms with van der Waals surface area (Å²) in [5.74, 6) is 0. The summed E-state index contributed by atoms with van der Waals surface area (Å²) in [6.07, 6.45) is 7.33. The molecule has 0 N–H and O–H groups in total. The molecule has 1 fully saturated rings. The van der Waals surface area contributed by atoms with Gasteiger partial charge in [0.05, 0.1) is 5.38 Å². The quantitative estimate of drug-likeness (QED) is 0.411. The molecule has 6 radical (unpaired) electrons. The standard InChI is InChI=1S/C7H8ClO.3CO.Mn/c1-9-7-4-2-6(8)3-5-7;3*1-2;/h2,4-5H,3H2,1H3;;;;. The summed E-state index contributed by atoms with van der Waals surface area (Å²) < 4.78 is 27.4. The van der Waals surface area contributed by atoms with Crippen LogP contribution in [0.25, 0.3) is 0 Å². The van der Waals surface area contributed by atoms with E-state index >= 15 is 0 Å². The summed E-state index contributed by atoms with van der Waals surface area (Å²) in [4.78, 5) is 0. The Bertz CT molecular complexity index is 159. The van der Waals surface area contributed by atoms with Gasteiger partial charge in [-0.2, -0.15) is 0 Å². The summed E-state index contributed by atoms with van der Waals surface area (Å²) in [6.45, 7) is 13.5. The zero-order valence-corrected chi connectivity index (χ0v) is 10.3. The second-order valence-electron chi connectivity index (χ2n) is 1.79. The molecule has 86 valence electrons. The number of methoxy groups -OCH3 is 1. The molecule has 0 aliphatic heterocycles. The second-order valence-corrected chi connectivity index (χ2v) is 2.28. The van der Waals surface area contributed by atoms with E-state index in [1.807, 2.05) is 19.3 Å². The molecular formula is C10H8ClMnO4. The molecule has 0 aromatic carbocycles. The topological polar surface area (TPSA) is 68.9 Å². The van der Waals surface area contributed by atoms with Crippen molar-refractivity contribution in [1.29, 1.82) is 0 Å².